The molecule has 0 atom stereocenters. The minimum Gasteiger partial charge on any atom is -0.494 e. The molecule has 1 amide bonds. The SMILES string of the molecule is O=C(c1ccc(OCCCCCN2CCCC2)cc1)N1CCCC1. The molecule has 2 aliphatic heterocycles. The van der Waals surface area contributed by atoms with E-state index < -0.39 is 0 Å². The van der Waals surface area contributed by atoms with E-state index in [1.807, 2.05) is 29.2 Å². The maximum absolute atomic E-state index is 12.3. The Hall–Kier alpha value is -1.55. The monoisotopic (exact) mass is 330 g/mol. The van der Waals surface area contributed by atoms with Gasteiger partial charge < -0.3 is 14.5 Å². The predicted octanol–water partition coefficient (Wildman–Crippen LogP) is 3.57. The Morgan fingerprint density at radius 1 is 0.875 bits per heavy atom. The summed E-state index contributed by atoms with van der Waals surface area (Å²) >= 11 is 0. The topological polar surface area (TPSA) is 32.8 Å². The maximum Gasteiger partial charge on any atom is 0.253 e. The highest BCUT2D eigenvalue weighted by Crippen LogP contribution is 2.17. The van der Waals surface area contributed by atoms with Crippen LogP contribution in [0.4, 0.5) is 0 Å². The van der Waals surface area contributed by atoms with Gasteiger partial charge in [0.15, 0.2) is 0 Å². The zero-order chi connectivity index (χ0) is 16.6. The van der Waals surface area contributed by atoms with Gasteiger partial charge in [-0.25, -0.2) is 0 Å². The minimum absolute atomic E-state index is 0.154. The van der Waals surface area contributed by atoms with E-state index in [1.54, 1.807) is 0 Å². The molecule has 3 rings (SSSR count). The number of benzene rings is 1. The van der Waals surface area contributed by atoms with Crippen LogP contribution in [0.2, 0.25) is 0 Å². The number of hydrogen-bond donors (Lipinski definition) is 0. The lowest BCUT2D eigenvalue weighted by Crippen LogP contribution is -2.27. The normalized spacial score (nSPS) is 18.2. The number of unbranched alkanes of at least 4 members (excludes halogenated alkanes) is 2. The Kier molecular flexibility index (Phi) is 6.53. The molecule has 0 aromatic heterocycles. The summed E-state index contributed by atoms with van der Waals surface area (Å²) in [6.45, 7) is 6.38. The van der Waals surface area contributed by atoms with Crippen LogP contribution in [0.5, 0.6) is 5.75 Å². The van der Waals surface area contributed by atoms with Crippen molar-refractivity contribution < 1.29 is 9.53 Å². The van der Waals surface area contributed by atoms with Crippen LogP contribution in [0.15, 0.2) is 24.3 Å². The smallest absolute Gasteiger partial charge is 0.253 e. The Morgan fingerprint density at radius 3 is 2.25 bits per heavy atom. The summed E-state index contributed by atoms with van der Waals surface area (Å²) in [5.74, 6) is 1.02. The number of nitrogens with zero attached hydrogens (tertiary/aromatic N) is 2. The largest absolute Gasteiger partial charge is 0.494 e. The van der Waals surface area contributed by atoms with Gasteiger partial charge in [0.1, 0.15) is 5.75 Å². The second kappa shape index (κ2) is 9.07. The van der Waals surface area contributed by atoms with Crippen LogP contribution in [-0.2, 0) is 0 Å². The third-order valence-corrected chi connectivity index (χ3v) is 5.08. The van der Waals surface area contributed by atoms with Gasteiger partial charge in [0.25, 0.3) is 5.91 Å². The van der Waals surface area contributed by atoms with Crippen molar-refractivity contribution in [1.29, 1.82) is 0 Å². The van der Waals surface area contributed by atoms with E-state index in [0.717, 1.165) is 50.3 Å². The number of hydrogen-bond acceptors (Lipinski definition) is 3. The molecule has 0 radical (unpaired) electrons. The summed E-state index contributed by atoms with van der Waals surface area (Å²) < 4.78 is 5.80. The van der Waals surface area contributed by atoms with E-state index in [4.69, 9.17) is 4.74 Å². The van der Waals surface area contributed by atoms with Crippen molar-refractivity contribution in [3.05, 3.63) is 29.8 Å². The Labute approximate surface area is 145 Å². The molecule has 0 unspecified atom stereocenters. The summed E-state index contributed by atoms with van der Waals surface area (Å²) in [5.41, 5.74) is 0.773. The summed E-state index contributed by atoms with van der Waals surface area (Å²) in [5, 5.41) is 0. The van der Waals surface area contributed by atoms with E-state index in [2.05, 4.69) is 4.90 Å². The van der Waals surface area contributed by atoms with E-state index in [-0.39, 0.29) is 5.91 Å². The molecule has 1 aromatic rings. The zero-order valence-electron chi connectivity index (χ0n) is 14.7. The van der Waals surface area contributed by atoms with Gasteiger partial charge in [0.05, 0.1) is 6.61 Å². The highest BCUT2D eigenvalue weighted by atomic mass is 16.5. The van der Waals surface area contributed by atoms with Gasteiger partial charge in [-0.3, -0.25) is 4.79 Å². The first kappa shape index (κ1) is 17.3. The fraction of sp³-hybridized carbons (Fsp3) is 0.650. The molecule has 0 aliphatic carbocycles. The highest BCUT2D eigenvalue weighted by Gasteiger charge is 2.19. The zero-order valence-corrected chi connectivity index (χ0v) is 14.7. The second-order valence-corrected chi connectivity index (χ2v) is 6.98. The molecule has 0 saturated carbocycles. The van der Waals surface area contributed by atoms with E-state index >= 15 is 0 Å². The van der Waals surface area contributed by atoms with Gasteiger partial charge in [-0.05, 0) is 88.8 Å². The van der Waals surface area contributed by atoms with Crippen molar-refractivity contribution in [2.45, 2.75) is 44.9 Å². The fourth-order valence-corrected chi connectivity index (χ4v) is 3.61. The number of amides is 1. The average molecular weight is 330 g/mol. The molecular formula is C20H30N2O2. The number of carbonyl (C=O) groups excluding carboxylic acids is 1. The summed E-state index contributed by atoms with van der Waals surface area (Å²) in [7, 11) is 0. The molecule has 0 bridgehead atoms. The average Bonchev–Trinajstić information content (AvgIpc) is 3.31. The fourth-order valence-electron chi connectivity index (χ4n) is 3.61. The third kappa shape index (κ3) is 4.97. The standard InChI is InChI=1S/C20H30N2O2/c23-20(22-15-5-6-16-22)18-8-10-19(11-9-18)24-17-7-1-2-12-21-13-3-4-14-21/h8-11H,1-7,12-17H2. The number of carbonyl (C=O) groups is 1. The van der Waals surface area contributed by atoms with Crippen molar-refractivity contribution in [2.75, 3.05) is 39.3 Å². The Bertz CT molecular complexity index is 503. The highest BCUT2D eigenvalue weighted by molar-refractivity contribution is 5.94. The predicted molar refractivity (Wildman–Crippen MR) is 96.6 cm³/mol. The Balaban J connectivity index is 1.31. The first-order valence-corrected chi connectivity index (χ1v) is 9.57. The summed E-state index contributed by atoms with van der Waals surface area (Å²) in [4.78, 5) is 16.8. The van der Waals surface area contributed by atoms with Crippen LogP contribution in [-0.4, -0.2) is 55.0 Å². The number of ether oxygens (including phenoxy) is 1. The molecular weight excluding hydrogens is 300 g/mol. The van der Waals surface area contributed by atoms with Crippen LogP contribution < -0.4 is 4.74 Å². The number of likely N-dealkylation sites (tertiary alicyclic amines) is 2. The molecule has 4 heteroatoms. The molecule has 132 valence electrons. The van der Waals surface area contributed by atoms with Gasteiger partial charge in [-0.1, -0.05) is 0 Å². The van der Waals surface area contributed by atoms with Gasteiger partial charge in [-0.15, -0.1) is 0 Å². The lowest BCUT2D eigenvalue weighted by atomic mass is 10.2. The van der Waals surface area contributed by atoms with Crippen molar-refractivity contribution in [1.82, 2.24) is 9.80 Å². The minimum atomic E-state index is 0.154. The number of rotatable bonds is 8. The van der Waals surface area contributed by atoms with Crippen molar-refractivity contribution in [3.8, 4) is 5.75 Å². The van der Waals surface area contributed by atoms with Crippen LogP contribution >= 0.6 is 0 Å². The molecule has 4 nitrogen and oxygen atoms in total. The van der Waals surface area contributed by atoms with E-state index in [0.29, 0.717) is 0 Å². The molecule has 0 spiro atoms. The summed E-state index contributed by atoms with van der Waals surface area (Å²) in [6, 6.07) is 7.63. The first-order chi connectivity index (χ1) is 11.8. The third-order valence-electron chi connectivity index (χ3n) is 5.08. The Morgan fingerprint density at radius 2 is 1.54 bits per heavy atom. The lowest BCUT2D eigenvalue weighted by Gasteiger charge is -2.15. The molecule has 2 aliphatic rings. The molecule has 0 N–H and O–H groups in total. The maximum atomic E-state index is 12.3. The van der Waals surface area contributed by atoms with Crippen LogP contribution in [0.25, 0.3) is 0 Å². The van der Waals surface area contributed by atoms with Gasteiger partial charge in [0, 0.05) is 18.7 Å². The molecule has 2 fully saturated rings. The van der Waals surface area contributed by atoms with Crippen LogP contribution in [0.1, 0.15) is 55.3 Å². The first-order valence-electron chi connectivity index (χ1n) is 9.57. The quantitative estimate of drug-likeness (QED) is 0.683. The van der Waals surface area contributed by atoms with Gasteiger partial charge >= 0.3 is 0 Å². The summed E-state index contributed by atoms with van der Waals surface area (Å²) in [6.07, 6.45) is 8.60. The second-order valence-electron chi connectivity index (χ2n) is 6.98. The van der Waals surface area contributed by atoms with E-state index in [9.17, 15) is 4.79 Å². The van der Waals surface area contributed by atoms with Crippen molar-refractivity contribution in [2.24, 2.45) is 0 Å². The van der Waals surface area contributed by atoms with Crippen molar-refractivity contribution in [3.63, 3.8) is 0 Å². The lowest BCUT2D eigenvalue weighted by molar-refractivity contribution is 0.0793. The van der Waals surface area contributed by atoms with Crippen molar-refractivity contribution >= 4 is 5.91 Å². The van der Waals surface area contributed by atoms with Crippen LogP contribution in [0, 0.1) is 0 Å². The van der Waals surface area contributed by atoms with Gasteiger partial charge in [0.2, 0.25) is 0 Å². The van der Waals surface area contributed by atoms with E-state index in [1.165, 1.54) is 45.3 Å². The molecule has 2 heterocycles. The van der Waals surface area contributed by atoms with Crippen LogP contribution in [0.3, 0.4) is 0 Å². The van der Waals surface area contributed by atoms with Gasteiger partial charge in [-0.2, -0.15) is 0 Å². The molecule has 1 aromatic carbocycles. The molecule has 24 heavy (non-hydrogen) atoms. The molecule has 2 saturated heterocycles.